The van der Waals surface area contributed by atoms with Crippen LogP contribution in [0.25, 0.3) is 16.5 Å². The molecule has 1 amide bonds. The molecule has 2 aromatic carbocycles. The zero-order valence-corrected chi connectivity index (χ0v) is 21.6. The van der Waals surface area contributed by atoms with E-state index < -0.39 is 11.4 Å². The fraction of sp³-hybridized carbons (Fsp3) is 0.400. The van der Waals surface area contributed by atoms with Gasteiger partial charge in [-0.05, 0) is 68.2 Å². The van der Waals surface area contributed by atoms with Crippen molar-refractivity contribution in [1.29, 1.82) is 0 Å². The quantitative estimate of drug-likeness (QED) is 0.430. The molecule has 3 heterocycles. The first-order valence-electron chi connectivity index (χ1n) is 13.2. The zero-order valence-electron chi connectivity index (χ0n) is 21.6. The van der Waals surface area contributed by atoms with Crippen LogP contribution >= 0.6 is 0 Å². The van der Waals surface area contributed by atoms with Gasteiger partial charge in [0.15, 0.2) is 0 Å². The number of H-pyrrole nitrogens is 1. The first kappa shape index (κ1) is 25.1. The van der Waals surface area contributed by atoms with Crippen LogP contribution in [-0.2, 0) is 10.2 Å². The van der Waals surface area contributed by atoms with Crippen molar-refractivity contribution < 1.29 is 19.4 Å². The lowest BCUT2D eigenvalue weighted by Crippen LogP contribution is -2.36. The molecule has 0 aliphatic carbocycles. The fourth-order valence-electron chi connectivity index (χ4n) is 5.63. The minimum absolute atomic E-state index is 0.0822. The minimum Gasteiger partial charge on any atom is -0.494 e. The lowest BCUT2D eigenvalue weighted by atomic mass is 9.81. The van der Waals surface area contributed by atoms with Crippen LogP contribution in [0.4, 0.5) is 0 Å². The van der Waals surface area contributed by atoms with Gasteiger partial charge < -0.3 is 24.6 Å². The first-order valence-corrected chi connectivity index (χ1v) is 13.2. The molecule has 7 heteroatoms. The van der Waals surface area contributed by atoms with Crippen LogP contribution in [0.15, 0.2) is 54.7 Å². The van der Waals surface area contributed by atoms with Crippen molar-refractivity contribution in [3.05, 3.63) is 71.6 Å². The molecule has 1 saturated heterocycles. The van der Waals surface area contributed by atoms with Crippen LogP contribution in [0.2, 0.25) is 0 Å². The largest absolute Gasteiger partial charge is 0.494 e. The molecule has 7 nitrogen and oxygen atoms in total. The Labute approximate surface area is 217 Å². The Hall–Kier alpha value is -3.58. The van der Waals surface area contributed by atoms with E-state index in [2.05, 4.69) is 9.88 Å². The Morgan fingerprint density at radius 1 is 1.03 bits per heavy atom. The Balaban J connectivity index is 1.31. The van der Waals surface area contributed by atoms with Gasteiger partial charge in [0.05, 0.1) is 17.9 Å². The summed E-state index contributed by atoms with van der Waals surface area (Å²) >= 11 is 0. The molecule has 1 fully saturated rings. The molecular formula is C30H35N3O4. The van der Waals surface area contributed by atoms with Crippen LogP contribution in [-0.4, -0.2) is 64.6 Å². The number of aromatic nitrogens is 1. The highest BCUT2D eigenvalue weighted by atomic mass is 16.5. The average Bonchev–Trinajstić information content (AvgIpc) is 3.24. The van der Waals surface area contributed by atoms with E-state index in [-0.39, 0.29) is 11.5 Å². The van der Waals surface area contributed by atoms with Gasteiger partial charge in [-0.1, -0.05) is 38.5 Å². The molecule has 1 aromatic heterocycles. The Bertz CT molecular complexity index is 1320. The molecule has 0 radical (unpaired) electrons. The highest BCUT2D eigenvalue weighted by Crippen LogP contribution is 2.40. The molecule has 194 valence electrons. The number of nitrogens with one attached hydrogen (secondary N) is 1. The van der Waals surface area contributed by atoms with E-state index in [1.807, 2.05) is 50.2 Å². The Morgan fingerprint density at radius 3 is 2.49 bits per heavy atom. The number of aliphatic carboxylic acids is 1. The number of likely N-dealkylation sites (tertiary alicyclic amines) is 1. The summed E-state index contributed by atoms with van der Waals surface area (Å²) in [6.45, 7) is 8.51. The molecule has 0 saturated carbocycles. The number of ether oxygens (including phenoxy) is 1. The summed E-state index contributed by atoms with van der Waals surface area (Å²) in [4.78, 5) is 33.1. The molecule has 0 unspecified atom stereocenters. The maximum Gasteiger partial charge on any atom is 0.339 e. The number of carboxylic acid groups (broad SMARTS) is 1. The summed E-state index contributed by atoms with van der Waals surface area (Å²) in [5.74, 6) is -0.579. The van der Waals surface area contributed by atoms with Gasteiger partial charge in [0, 0.05) is 41.2 Å². The first-order chi connectivity index (χ1) is 17.8. The summed E-state index contributed by atoms with van der Waals surface area (Å²) in [5, 5.41) is 11.0. The molecule has 37 heavy (non-hydrogen) atoms. The number of nitrogens with zero attached hydrogens (tertiary/aromatic N) is 2. The molecule has 0 spiro atoms. The number of fused-ring (bicyclic) bond motifs is 3. The molecular weight excluding hydrogens is 466 g/mol. The number of hydrogen-bond acceptors (Lipinski definition) is 4. The molecule has 0 bridgehead atoms. The number of hydrogen-bond donors (Lipinski definition) is 2. The third-order valence-corrected chi connectivity index (χ3v) is 7.43. The van der Waals surface area contributed by atoms with Crippen molar-refractivity contribution in [1.82, 2.24) is 14.8 Å². The summed E-state index contributed by atoms with van der Waals surface area (Å²) < 4.78 is 5.91. The number of aromatic amines is 1. The smallest absolute Gasteiger partial charge is 0.339 e. The van der Waals surface area contributed by atoms with Gasteiger partial charge >= 0.3 is 5.97 Å². The van der Waals surface area contributed by atoms with Gasteiger partial charge in [0.25, 0.3) is 5.91 Å². The van der Waals surface area contributed by atoms with Gasteiger partial charge in [0.2, 0.25) is 0 Å². The highest BCUT2D eigenvalue weighted by Gasteiger charge is 2.37. The van der Waals surface area contributed by atoms with E-state index in [0.717, 1.165) is 35.2 Å². The van der Waals surface area contributed by atoms with Gasteiger partial charge in [-0.2, -0.15) is 0 Å². The van der Waals surface area contributed by atoms with E-state index in [1.165, 1.54) is 43.5 Å². The number of benzene rings is 2. The molecule has 3 aromatic rings. The second-order valence-corrected chi connectivity index (χ2v) is 10.7. The van der Waals surface area contributed by atoms with Crippen molar-refractivity contribution >= 4 is 28.4 Å². The van der Waals surface area contributed by atoms with Crippen LogP contribution in [0, 0.1) is 0 Å². The van der Waals surface area contributed by atoms with Crippen molar-refractivity contribution in [2.45, 2.75) is 44.9 Å². The highest BCUT2D eigenvalue weighted by molar-refractivity contribution is 6.17. The normalized spacial score (nSPS) is 17.7. The number of carbonyl (C=O) groups excluding carboxylic acids is 1. The molecule has 0 atom stereocenters. The predicted molar refractivity (Wildman–Crippen MR) is 145 cm³/mol. The number of rotatable bonds is 7. The average molecular weight is 502 g/mol. The van der Waals surface area contributed by atoms with Crippen LogP contribution in [0.3, 0.4) is 0 Å². The number of piperidine rings is 1. The van der Waals surface area contributed by atoms with Gasteiger partial charge in [-0.15, -0.1) is 0 Å². The third kappa shape index (κ3) is 5.27. The number of amides is 1. The van der Waals surface area contributed by atoms with E-state index in [1.54, 1.807) is 12.1 Å². The topological polar surface area (TPSA) is 85.9 Å². The predicted octanol–water partition coefficient (Wildman–Crippen LogP) is 5.28. The Morgan fingerprint density at radius 2 is 1.76 bits per heavy atom. The van der Waals surface area contributed by atoms with E-state index >= 15 is 0 Å². The van der Waals surface area contributed by atoms with Gasteiger partial charge in [-0.25, -0.2) is 4.79 Å². The van der Waals surface area contributed by atoms with Crippen molar-refractivity contribution in [3.8, 4) is 5.75 Å². The maximum atomic E-state index is 13.5. The number of para-hydroxylation sites is 1. The zero-order chi connectivity index (χ0) is 26.0. The standard InChI is InChI=1S/C30H35N3O4/c1-30(2)20-33(19-24(29(35)36)27-26(30)23-9-4-5-10-25(23)31-27)28(34)21-11-13-22(14-12-21)37-18-8-17-32-15-6-3-7-16-32/h4-5,9-14,19,31H,3,6-8,15-18,20H2,1-2H3,(H,35,36). The number of carboxylic acids is 1. The molecule has 5 rings (SSSR count). The molecule has 2 N–H and O–H groups in total. The van der Waals surface area contributed by atoms with Crippen LogP contribution < -0.4 is 4.74 Å². The summed E-state index contributed by atoms with van der Waals surface area (Å²) in [7, 11) is 0. The van der Waals surface area contributed by atoms with Crippen molar-refractivity contribution in [2.75, 3.05) is 32.8 Å². The van der Waals surface area contributed by atoms with E-state index in [4.69, 9.17) is 4.74 Å². The monoisotopic (exact) mass is 501 g/mol. The second kappa shape index (κ2) is 10.4. The van der Waals surface area contributed by atoms with E-state index in [0.29, 0.717) is 24.4 Å². The number of carbonyl (C=O) groups is 2. The maximum absolute atomic E-state index is 13.5. The second-order valence-electron chi connectivity index (χ2n) is 10.7. The van der Waals surface area contributed by atoms with Gasteiger partial charge in [0.1, 0.15) is 5.75 Å². The van der Waals surface area contributed by atoms with Gasteiger partial charge in [-0.3, -0.25) is 4.79 Å². The fourth-order valence-corrected chi connectivity index (χ4v) is 5.63. The molecule has 2 aliphatic heterocycles. The third-order valence-electron chi connectivity index (χ3n) is 7.43. The van der Waals surface area contributed by atoms with Crippen LogP contribution in [0.1, 0.15) is 61.1 Å². The van der Waals surface area contributed by atoms with Crippen molar-refractivity contribution in [3.63, 3.8) is 0 Å². The van der Waals surface area contributed by atoms with Crippen LogP contribution in [0.5, 0.6) is 5.75 Å². The summed E-state index contributed by atoms with van der Waals surface area (Å²) in [5.41, 5.74) is 2.46. The lowest BCUT2D eigenvalue weighted by molar-refractivity contribution is -0.130. The summed E-state index contributed by atoms with van der Waals surface area (Å²) in [6, 6.07) is 14.9. The lowest BCUT2D eigenvalue weighted by Gasteiger charge is -2.29. The Kier molecular flexibility index (Phi) is 7.07. The van der Waals surface area contributed by atoms with E-state index in [9.17, 15) is 14.7 Å². The van der Waals surface area contributed by atoms with Crippen molar-refractivity contribution in [2.24, 2.45) is 0 Å². The SMILES string of the molecule is CC1(C)CN(C(=O)c2ccc(OCCCN3CCCCC3)cc2)C=C(C(=O)O)c2[nH]c3ccccc3c21. The molecule has 2 aliphatic rings. The minimum atomic E-state index is -1.07. The summed E-state index contributed by atoms with van der Waals surface area (Å²) in [6.07, 6.45) is 6.36.